The molecule has 0 spiro atoms. The van der Waals surface area contributed by atoms with Crippen LogP contribution in [0.4, 0.5) is 0 Å². The Morgan fingerprint density at radius 1 is 1.23 bits per heavy atom. The highest BCUT2D eigenvalue weighted by Crippen LogP contribution is 2.21. The molecule has 0 fully saturated rings. The van der Waals surface area contributed by atoms with Crippen LogP contribution in [0.25, 0.3) is 6.08 Å². The molecular formula is C10H12O3. The lowest BCUT2D eigenvalue weighted by atomic mass is 10.1. The van der Waals surface area contributed by atoms with Crippen LogP contribution < -0.4 is 0 Å². The second-order valence-electron chi connectivity index (χ2n) is 2.59. The fourth-order valence-electron chi connectivity index (χ4n) is 1.10. The Kier molecular flexibility index (Phi) is 3.49. The van der Waals surface area contributed by atoms with E-state index in [1.807, 2.05) is 0 Å². The maximum absolute atomic E-state index is 9.33. The molecule has 1 rings (SSSR count). The molecule has 0 heterocycles. The molecule has 0 aliphatic heterocycles. The molecular weight excluding hydrogens is 168 g/mol. The lowest BCUT2D eigenvalue weighted by molar-refractivity contribution is 0.275. The quantitative estimate of drug-likeness (QED) is 0.647. The predicted molar refractivity (Wildman–Crippen MR) is 50.1 cm³/mol. The molecule has 3 nitrogen and oxygen atoms in total. The minimum Gasteiger partial charge on any atom is -0.508 e. The first-order chi connectivity index (χ1) is 6.29. The smallest absolute Gasteiger partial charge is 0.121 e. The first-order valence-corrected chi connectivity index (χ1v) is 3.98. The van der Waals surface area contributed by atoms with Gasteiger partial charge in [0.05, 0.1) is 13.2 Å². The van der Waals surface area contributed by atoms with Crippen molar-refractivity contribution in [1.82, 2.24) is 0 Å². The van der Waals surface area contributed by atoms with Gasteiger partial charge in [-0.15, -0.1) is 0 Å². The maximum atomic E-state index is 9.33. The Balaban J connectivity index is 3.05. The molecule has 0 saturated heterocycles. The minimum atomic E-state index is -0.211. The summed E-state index contributed by atoms with van der Waals surface area (Å²) in [6, 6.07) is 4.96. The van der Waals surface area contributed by atoms with E-state index in [1.165, 1.54) is 6.07 Å². The second-order valence-corrected chi connectivity index (χ2v) is 2.59. The lowest BCUT2D eigenvalue weighted by Gasteiger charge is -2.04. The van der Waals surface area contributed by atoms with E-state index in [4.69, 9.17) is 10.2 Å². The maximum Gasteiger partial charge on any atom is 0.121 e. The van der Waals surface area contributed by atoms with E-state index in [0.717, 1.165) is 5.56 Å². The number of benzene rings is 1. The van der Waals surface area contributed by atoms with E-state index in [-0.39, 0.29) is 19.0 Å². The highest BCUT2D eigenvalue weighted by molar-refractivity contribution is 5.57. The summed E-state index contributed by atoms with van der Waals surface area (Å²) in [5.41, 5.74) is 1.20. The molecule has 70 valence electrons. The highest BCUT2D eigenvalue weighted by Gasteiger charge is 2.02. The van der Waals surface area contributed by atoms with Gasteiger partial charge in [0, 0.05) is 5.56 Å². The number of phenols is 1. The SMILES string of the molecule is OC/C=C\c1cccc(O)c1CO. The minimum absolute atomic E-state index is 0.0550. The van der Waals surface area contributed by atoms with E-state index >= 15 is 0 Å². The number of rotatable bonds is 3. The van der Waals surface area contributed by atoms with Gasteiger partial charge < -0.3 is 15.3 Å². The van der Waals surface area contributed by atoms with Crippen LogP contribution in [0.3, 0.4) is 0 Å². The van der Waals surface area contributed by atoms with Gasteiger partial charge in [0.25, 0.3) is 0 Å². The van der Waals surface area contributed by atoms with Gasteiger partial charge >= 0.3 is 0 Å². The average Bonchev–Trinajstić information content (AvgIpc) is 2.15. The predicted octanol–water partition coefficient (Wildman–Crippen LogP) is 0.890. The molecule has 3 heteroatoms. The topological polar surface area (TPSA) is 60.7 Å². The summed E-state index contributed by atoms with van der Waals surface area (Å²) in [6.45, 7) is -0.266. The van der Waals surface area contributed by atoms with Gasteiger partial charge in [-0.3, -0.25) is 0 Å². The molecule has 3 N–H and O–H groups in total. The van der Waals surface area contributed by atoms with Gasteiger partial charge in [0.15, 0.2) is 0 Å². The summed E-state index contributed by atoms with van der Waals surface area (Å²) in [7, 11) is 0. The van der Waals surface area contributed by atoms with Crippen LogP contribution in [0.5, 0.6) is 5.75 Å². The summed E-state index contributed by atoms with van der Waals surface area (Å²) in [4.78, 5) is 0. The first-order valence-electron chi connectivity index (χ1n) is 3.98. The van der Waals surface area contributed by atoms with Crippen LogP contribution >= 0.6 is 0 Å². The van der Waals surface area contributed by atoms with Crippen molar-refractivity contribution in [1.29, 1.82) is 0 Å². The molecule has 0 amide bonds. The second kappa shape index (κ2) is 4.64. The monoisotopic (exact) mass is 180 g/mol. The molecule has 13 heavy (non-hydrogen) atoms. The van der Waals surface area contributed by atoms with Crippen molar-refractivity contribution in [2.45, 2.75) is 6.61 Å². The van der Waals surface area contributed by atoms with Crippen molar-refractivity contribution < 1.29 is 15.3 Å². The Labute approximate surface area is 76.6 Å². The molecule has 0 aliphatic carbocycles. The third-order valence-corrected chi connectivity index (χ3v) is 1.75. The van der Waals surface area contributed by atoms with Crippen molar-refractivity contribution in [3.63, 3.8) is 0 Å². The first kappa shape index (κ1) is 9.77. The van der Waals surface area contributed by atoms with Crippen molar-refractivity contribution >= 4 is 6.08 Å². The van der Waals surface area contributed by atoms with Crippen LogP contribution in [0, 0.1) is 0 Å². The van der Waals surface area contributed by atoms with E-state index in [0.29, 0.717) is 5.56 Å². The molecule has 0 atom stereocenters. The highest BCUT2D eigenvalue weighted by atomic mass is 16.3. The summed E-state index contributed by atoms with van der Waals surface area (Å²) in [5, 5.41) is 26.8. The van der Waals surface area contributed by atoms with E-state index < -0.39 is 0 Å². The van der Waals surface area contributed by atoms with Gasteiger partial charge in [0.2, 0.25) is 0 Å². The molecule has 0 unspecified atom stereocenters. The Morgan fingerprint density at radius 2 is 2.00 bits per heavy atom. The van der Waals surface area contributed by atoms with Crippen molar-refractivity contribution in [2.75, 3.05) is 6.61 Å². The Bertz CT molecular complexity index is 305. The van der Waals surface area contributed by atoms with Crippen molar-refractivity contribution in [2.24, 2.45) is 0 Å². The zero-order valence-corrected chi connectivity index (χ0v) is 7.14. The third kappa shape index (κ3) is 2.31. The number of hydrogen-bond acceptors (Lipinski definition) is 3. The number of aliphatic hydroxyl groups is 2. The molecule has 0 bridgehead atoms. The van der Waals surface area contributed by atoms with Gasteiger partial charge in [-0.25, -0.2) is 0 Å². The molecule has 0 radical (unpaired) electrons. The van der Waals surface area contributed by atoms with Gasteiger partial charge in [-0.05, 0) is 11.6 Å². The van der Waals surface area contributed by atoms with Crippen LogP contribution in [0.15, 0.2) is 24.3 Å². The number of aliphatic hydroxyl groups excluding tert-OH is 2. The van der Waals surface area contributed by atoms with Gasteiger partial charge in [-0.2, -0.15) is 0 Å². The van der Waals surface area contributed by atoms with E-state index in [2.05, 4.69) is 0 Å². The standard InChI is InChI=1S/C10H12O3/c11-6-2-4-8-3-1-5-10(13)9(8)7-12/h1-5,11-13H,6-7H2/b4-2-. The largest absolute Gasteiger partial charge is 0.508 e. The van der Waals surface area contributed by atoms with Gasteiger partial charge in [-0.1, -0.05) is 24.3 Å². The summed E-state index contributed by atoms with van der Waals surface area (Å²) < 4.78 is 0. The van der Waals surface area contributed by atoms with Crippen LogP contribution in [0.1, 0.15) is 11.1 Å². The third-order valence-electron chi connectivity index (χ3n) is 1.75. The molecule has 0 saturated carbocycles. The lowest BCUT2D eigenvalue weighted by Crippen LogP contribution is -1.89. The normalized spacial score (nSPS) is 10.9. The zero-order chi connectivity index (χ0) is 9.68. The van der Waals surface area contributed by atoms with Crippen LogP contribution in [0.2, 0.25) is 0 Å². The Morgan fingerprint density at radius 3 is 2.62 bits per heavy atom. The fourth-order valence-corrected chi connectivity index (χ4v) is 1.10. The van der Waals surface area contributed by atoms with Crippen molar-refractivity contribution in [3.8, 4) is 5.75 Å². The summed E-state index contributed by atoms with van der Waals surface area (Å²) in [5.74, 6) is 0.0718. The number of hydrogen-bond donors (Lipinski definition) is 3. The zero-order valence-electron chi connectivity index (χ0n) is 7.14. The van der Waals surface area contributed by atoms with Crippen LogP contribution in [-0.2, 0) is 6.61 Å². The molecule has 0 aliphatic rings. The summed E-state index contributed by atoms with van der Waals surface area (Å²) >= 11 is 0. The fraction of sp³-hybridized carbons (Fsp3) is 0.200. The summed E-state index contributed by atoms with van der Waals surface area (Å²) in [6.07, 6.45) is 3.21. The molecule has 0 aromatic heterocycles. The Hall–Kier alpha value is -1.32. The van der Waals surface area contributed by atoms with Gasteiger partial charge in [0.1, 0.15) is 5.75 Å². The van der Waals surface area contributed by atoms with Crippen molar-refractivity contribution in [3.05, 3.63) is 35.4 Å². The van der Waals surface area contributed by atoms with E-state index in [1.54, 1.807) is 24.3 Å². The van der Waals surface area contributed by atoms with Crippen LogP contribution in [-0.4, -0.2) is 21.9 Å². The molecule has 1 aromatic rings. The number of aromatic hydroxyl groups is 1. The molecule has 1 aromatic carbocycles. The average molecular weight is 180 g/mol. The van der Waals surface area contributed by atoms with E-state index in [9.17, 15) is 5.11 Å².